The lowest BCUT2D eigenvalue weighted by Gasteiger charge is -2.48. The average Bonchev–Trinajstić information content (AvgIpc) is 3.32. The molecule has 0 bridgehead atoms. The molecular weight excluding hydrogens is 480 g/mol. The van der Waals surface area contributed by atoms with E-state index in [9.17, 15) is 0 Å². The lowest BCUT2D eigenvalue weighted by atomic mass is 9.55. The molecule has 4 atom stereocenters. The fraction of sp³-hybridized carbons (Fsp3) is 0.700. The van der Waals surface area contributed by atoms with Crippen LogP contribution in [0.2, 0.25) is 0 Å². The zero-order valence-corrected chi connectivity index (χ0v) is 27.9. The summed E-state index contributed by atoms with van der Waals surface area (Å²) in [6.45, 7) is 24.3. The summed E-state index contributed by atoms with van der Waals surface area (Å²) in [5.41, 5.74) is 11.3. The molecule has 40 heavy (non-hydrogen) atoms. The van der Waals surface area contributed by atoms with Crippen molar-refractivity contribution < 1.29 is 0 Å². The van der Waals surface area contributed by atoms with Crippen molar-refractivity contribution in [1.29, 1.82) is 0 Å². The molecule has 0 saturated heterocycles. The van der Waals surface area contributed by atoms with E-state index >= 15 is 0 Å². The van der Waals surface area contributed by atoms with Gasteiger partial charge in [-0.1, -0.05) is 122 Å². The summed E-state index contributed by atoms with van der Waals surface area (Å²) in [6.07, 6.45) is 15.3. The second-order valence-corrected chi connectivity index (χ2v) is 17.8. The lowest BCUT2D eigenvalue weighted by Crippen LogP contribution is -2.43. The van der Waals surface area contributed by atoms with E-state index in [1.807, 2.05) is 0 Å². The summed E-state index contributed by atoms with van der Waals surface area (Å²) in [6, 6.07) is 14.9. The third-order valence-corrected chi connectivity index (χ3v) is 11.4. The van der Waals surface area contributed by atoms with Crippen molar-refractivity contribution in [3.8, 4) is 11.1 Å². The summed E-state index contributed by atoms with van der Waals surface area (Å²) >= 11 is 0. The smallest absolute Gasteiger partial charge is 0.00617 e. The first-order chi connectivity index (χ1) is 18.6. The molecule has 2 aromatic carbocycles. The number of rotatable bonds is 8. The first-order valence-electron chi connectivity index (χ1n) is 16.8. The molecule has 0 amide bonds. The number of aryl methyl sites for hydroxylation is 2. The third kappa shape index (κ3) is 5.47. The molecule has 0 aromatic heterocycles. The topological polar surface area (TPSA) is 0 Å². The van der Waals surface area contributed by atoms with E-state index in [4.69, 9.17) is 0 Å². The van der Waals surface area contributed by atoms with Gasteiger partial charge in [-0.15, -0.1) is 0 Å². The molecule has 2 saturated carbocycles. The van der Waals surface area contributed by atoms with E-state index in [2.05, 4.69) is 106 Å². The van der Waals surface area contributed by atoms with Crippen LogP contribution in [-0.2, 0) is 10.8 Å². The lowest BCUT2D eigenvalue weighted by molar-refractivity contribution is 0.167. The van der Waals surface area contributed by atoms with Crippen molar-refractivity contribution in [3.63, 3.8) is 0 Å². The third-order valence-electron chi connectivity index (χ3n) is 11.4. The van der Waals surface area contributed by atoms with Gasteiger partial charge in [-0.2, -0.15) is 0 Å². The van der Waals surface area contributed by atoms with E-state index in [1.165, 1.54) is 81.8 Å². The number of hydrogen-bond donors (Lipinski definition) is 0. The molecule has 3 aliphatic rings. The Morgan fingerprint density at radius 1 is 0.650 bits per heavy atom. The Labute approximate surface area is 248 Å². The van der Waals surface area contributed by atoms with Crippen LogP contribution in [0.3, 0.4) is 0 Å². The van der Waals surface area contributed by atoms with E-state index in [0.717, 1.165) is 11.8 Å². The molecule has 5 rings (SSSR count). The minimum absolute atomic E-state index is 0.315. The number of hydrogen-bond acceptors (Lipinski definition) is 0. The van der Waals surface area contributed by atoms with Crippen LogP contribution in [0.5, 0.6) is 0 Å². The van der Waals surface area contributed by atoms with E-state index in [1.54, 1.807) is 22.3 Å². The van der Waals surface area contributed by atoms with Crippen LogP contribution in [0.15, 0.2) is 36.4 Å². The van der Waals surface area contributed by atoms with Crippen LogP contribution in [-0.4, -0.2) is 0 Å². The molecule has 0 heteroatoms. The summed E-state index contributed by atoms with van der Waals surface area (Å²) in [5.74, 6) is 1.59. The maximum Gasteiger partial charge on any atom is 0.00617 e. The van der Waals surface area contributed by atoms with Crippen LogP contribution in [0.4, 0.5) is 0 Å². The maximum atomic E-state index is 2.62. The predicted molar refractivity (Wildman–Crippen MR) is 175 cm³/mol. The normalized spacial score (nSPS) is 28.9. The first kappa shape index (κ1) is 29.9. The molecule has 0 heterocycles. The van der Waals surface area contributed by atoms with Crippen LogP contribution in [0.1, 0.15) is 148 Å². The standard InChI is InChI=1S/C40H60/c1-28-12-14-32-33-15-13-29(2)23-35(33)40-19-11-18-39(40,34(32)22-28)26-38(27-40,20-16-30(3)24-36(5,6)7)21-17-31(4)25-37(8,9)10/h12-15,22-23,30-31H,11,16-21,24-27H2,1-10H3/t30?,31?,38?,39-,40+. The fourth-order valence-electron chi connectivity index (χ4n) is 10.5. The highest BCUT2D eigenvalue weighted by molar-refractivity contribution is 5.79. The van der Waals surface area contributed by atoms with Crippen LogP contribution in [0, 0.1) is 41.9 Å². The van der Waals surface area contributed by atoms with E-state index in [0.29, 0.717) is 27.1 Å². The van der Waals surface area contributed by atoms with Gasteiger partial charge in [0.25, 0.3) is 0 Å². The van der Waals surface area contributed by atoms with Crippen LogP contribution < -0.4 is 0 Å². The van der Waals surface area contributed by atoms with Crippen molar-refractivity contribution in [2.45, 2.75) is 151 Å². The van der Waals surface area contributed by atoms with E-state index in [-0.39, 0.29) is 0 Å². The fourth-order valence-corrected chi connectivity index (χ4v) is 10.5. The van der Waals surface area contributed by atoms with Gasteiger partial charge in [-0.3, -0.25) is 0 Å². The molecule has 220 valence electrons. The molecular formula is C40H60. The second-order valence-electron chi connectivity index (χ2n) is 17.8. The summed E-state index contributed by atoms with van der Waals surface area (Å²) < 4.78 is 0. The summed E-state index contributed by atoms with van der Waals surface area (Å²) in [7, 11) is 0. The molecule has 3 aliphatic carbocycles. The van der Waals surface area contributed by atoms with Crippen molar-refractivity contribution >= 4 is 0 Å². The zero-order chi connectivity index (χ0) is 29.1. The summed E-state index contributed by atoms with van der Waals surface area (Å²) in [4.78, 5) is 0. The monoisotopic (exact) mass is 540 g/mol. The van der Waals surface area contributed by atoms with Gasteiger partial charge in [0.2, 0.25) is 0 Å². The highest BCUT2D eigenvalue weighted by atomic mass is 14.7. The highest BCUT2D eigenvalue weighted by Gasteiger charge is 2.68. The Hall–Kier alpha value is -1.56. The van der Waals surface area contributed by atoms with Crippen molar-refractivity contribution in [2.75, 3.05) is 0 Å². The van der Waals surface area contributed by atoms with E-state index < -0.39 is 0 Å². The van der Waals surface area contributed by atoms with Crippen molar-refractivity contribution in [2.24, 2.45) is 28.1 Å². The molecule has 0 aliphatic heterocycles. The molecule has 0 nitrogen and oxygen atoms in total. The zero-order valence-electron chi connectivity index (χ0n) is 27.9. The number of fused-ring (bicyclic) bond motifs is 3. The molecule has 2 aromatic rings. The maximum absolute atomic E-state index is 2.62. The predicted octanol–water partition coefficient (Wildman–Crippen LogP) is 12.1. The highest BCUT2D eigenvalue weighted by Crippen LogP contribution is 2.74. The Morgan fingerprint density at radius 3 is 1.43 bits per heavy atom. The van der Waals surface area contributed by atoms with Gasteiger partial charge >= 0.3 is 0 Å². The molecule has 0 radical (unpaired) electrons. The van der Waals surface area contributed by atoms with Crippen LogP contribution >= 0.6 is 0 Å². The number of benzene rings is 2. The van der Waals surface area contributed by atoms with Gasteiger partial charge in [0.15, 0.2) is 0 Å². The minimum Gasteiger partial charge on any atom is -0.0625 e. The Bertz CT molecular complexity index is 1120. The largest absolute Gasteiger partial charge is 0.0625 e. The van der Waals surface area contributed by atoms with Crippen molar-refractivity contribution in [1.82, 2.24) is 0 Å². The average molecular weight is 541 g/mol. The Kier molecular flexibility index (Phi) is 7.71. The van der Waals surface area contributed by atoms with Crippen molar-refractivity contribution in [3.05, 3.63) is 58.7 Å². The van der Waals surface area contributed by atoms with Gasteiger partial charge < -0.3 is 0 Å². The SMILES string of the molecule is Cc1ccc2c(c1)[C@@]13CCC[C@@]1(CC(CCC(C)CC(C)(C)C)(CCC(C)CC(C)(C)C)C3)c1cc(C)ccc1-2. The Balaban J connectivity index is 1.58. The quantitative estimate of drug-likeness (QED) is 0.312. The van der Waals surface area contributed by atoms with Gasteiger partial charge in [-0.05, 0) is 116 Å². The molecule has 2 fully saturated rings. The minimum atomic E-state index is 0.315. The molecule has 0 N–H and O–H groups in total. The second kappa shape index (κ2) is 10.3. The molecule has 2 unspecified atom stereocenters. The van der Waals surface area contributed by atoms with Crippen LogP contribution in [0.25, 0.3) is 11.1 Å². The van der Waals surface area contributed by atoms with Gasteiger partial charge in [0.1, 0.15) is 0 Å². The Morgan fingerprint density at radius 2 is 1.05 bits per heavy atom. The van der Waals surface area contributed by atoms with Gasteiger partial charge in [-0.25, -0.2) is 0 Å². The van der Waals surface area contributed by atoms with Gasteiger partial charge in [0, 0.05) is 10.8 Å². The molecule has 0 spiro atoms. The first-order valence-corrected chi connectivity index (χ1v) is 16.8. The van der Waals surface area contributed by atoms with Gasteiger partial charge in [0.05, 0.1) is 0 Å². The summed E-state index contributed by atoms with van der Waals surface area (Å²) in [5, 5.41) is 0.